The molecule has 1 heterocycles. The van der Waals surface area contributed by atoms with Gasteiger partial charge >= 0.3 is 5.97 Å². The minimum Gasteiger partial charge on any atom is -0.481 e. The summed E-state index contributed by atoms with van der Waals surface area (Å²) in [5.74, 6) is -1.52. The summed E-state index contributed by atoms with van der Waals surface area (Å²) in [5.41, 5.74) is 1.19. The third kappa shape index (κ3) is 2.85. The van der Waals surface area contributed by atoms with Crippen molar-refractivity contribution in [2.24, 2.45) is 5.92 Å². The van der Waals surface area contributed by atoms with Crippen molar-refractivity contribution >= 4 is 23.6 Å². The van der Waals surface area contributed by atoms with E-state index in [-0.39, 0.29) is 17.7 Å². The van der Waals surface area contributed by atoms with Gasteiger partial charge in [0.1, 0.15) is 0 Å². The first-order valence-electron chi connectivity index (χ1n) is 5.83. The van der Waals surface area contributed by atoms with Gasteiger partial charge in [-0.3, -0.25) is 9.59 Å². The second kappa shape index (κ2) is 5.44. The average Bonchev–Trinajstić information content (AvgIpc) is 2.79. The molecule has 1 aromatic carbocycles. The summed E-state index contributed by atoms with van der Waals surface area (Å²) in [6, 6.07) is 7.95. The molecule has 0 aromatic heterocycles. The summed E-state index contributed by atoms with van der Waals surface area (Å²) in [6.07, 6.45) is 0.716. The van der Waals surface area contributed by atoms with E-state index in [2.05, 4.69) is 5.32 Å². The van der Waals surface area contributed by atoms with Crippen LogP contribution in [-0.2, 0) is 16.0 Å². The van der Waals surface area contributed by atoms with Gasteiger partial charge in [0, 0.05) is 11.4 Å². The molecular weight excluding hydrogens is 250 g/mol. The van der Waals surface area contributed by atoms with Crippen LogP contribution < -0.4 is 5.32 Å². The molecular formula is C13H15NO3S. The number of hydrogen-bond acceptors (Lipinski definition) is 3. The molecule has 0 aliphatic carbocycles. The molecule has 1 aromatic rings. The van der Waals surface area contributed by atoms with E-state index in [0.29, 0.717) is 6.42 Å². The molecule has 0 radical (unpaired) electrons. The third-order valence-electron chi connectivity index (χ3n) is 2.94. The smallest absolute Gasteiger partial charge is 0.308 e. The van der Waals surface area contributed by atoms with E-state index in [9.17, 15) is 9.59 Å². The largest absolute Gasteiger partial charge is 0.481 e. The summed E-state index contributed by atoms with van der Waals surface area (Å²) in [4.78, 5) is 23.7. The van der Waals surface area contributed by atoms with Crippen LogP contribution in [0.1, 0.15) is 12.5 Å². The van der Waals surface area contributed by atoms with Gasteiger partial charge in [0.25, 0.3) is 0 Å². The molecule has 5 heteroatoms. The second-order valence-corrected chi connectivity index (χ2v) is 5.65. The van der Waals surface area contributed by atoms with E-state index in [4.69, 9.17) is 5.11 Å². The minimum absolute atomic E-state index is 0.0794. The fourth-order valence-electron chi connectivity index (χ4n) is 1.78. The van der Waals surface area contributed by atoms with Gasteiger partial charge in [-0.25, -0.2) is 0 Å². The zero-order valence-corrected chi connectivity index (χ0v) is 10.9. The third-order valence-corrected chi connectivity index (χ3v) is 4.26. The summed E-state index contributed by atoms with van der Waals surface area (Å²) in [7, 11) is 0. The molecule has 2 atom stereocenters. The fourth-order valence-corrected chi connectivity index (χ4v) is 3.00. The number of carbonyl (C=O) groups excluding carboxylic acids is 1. The molecule has 0 fully saturated rings. The molecule has 1 aliphatic heterocycles. The first kappa shape index (κ1) is 13.0. The van der Waals surface area contributed by atoms with Crippen molar-refractivity contribution in [1.29, 1.82) is 0 Å². The van der Waals surface area contributed by atoms with Gasteiger partial charge in [0.05, 0.1) is 11.2 Å². The molecule has 0 spiro atoms. The van der Waals surface area contributed by atoms with Gasteiger partial charge in [0.2, 0.25) is 5.91 Å². The number of aliphatic carboxylic acids is 1. The van der Waals surface area contributed by atoms with Crippen LogP contribution in [0.15, 0.2) is 29.2 Å². The number of thioether (sulfide) groups is 1. The van der Waals surface area contributed by atoms with Crippen molar-refractivity contribution in [3.8, 4) is 0 Å². The highest BCUT2D eigenvalue weighted by Gasteiger charge is 2.28. The van der Waals surface area contributed by atoms with Crippen LogP contribution in [0.25, 0.3) is 0 Å². The Hall–Kier alpha value is -1.49. The standard InChI is InChI=1S/C13H15NO3S/c1-8(13(16)17)7-14-12(15)11-6-9-4-2-3-5-10(9)18-11/h2-5,8,11H,6-7H2,1H3,(H,14,15)(H,16,17). The van der Waals surface area contributed by atoms with E-state index in [1.165, 1.54) is 5.56 Å². The monoisotopic (exact) mass is 265 g/mol. The zero-order valence-electron chi connectivity index (χ0n) is 10.1. The SMILES string of the molecule is CC(CNC(=O)C1Cc2ccccc2S1)C(=O)O. The number of fused-ring (bicyclic) bond motifs is 1. The summed E-state index contributed by atoms with van der Waals surface area (Å²) >= 11 is 1.54. The molecule has 2 rings (SSSR count). The van der Waals surface area contributed by atoms with Gasteiger partial charge < -0.3 is 10.4 Å². The topological polar surface area (TPSA) is 66.4 Å². The Labute approximate surface area is 110 Å². The van der Waals surface area contributed by atoms with E-state index < -0.39 is 11.9 Å². The fraction of sp³-hybridized carbons (Fsp3) is 0.385. The Bertz CT molecular complexity index is 450. The van der Waals surface area contributed by atoms with Crippen LogP contribution in [-0.4, -0.2) is 28.8 Å². The summed E-state index contributed by atoms with van der Waals surface area (Å²) in [5, 5.41) is 11.3. The van der Waals surface area contributed by atoms with Crippen molar-refractivity contribution in [3.63, 3.8) is 0 Å². The van der Waals surface area contributed by atoms with E-state index in [1.54, 1.807) is 18.7 Å². The quantitative estimate of drug-likeness (QED) is 0.866. The maximum absolute atomic E-state index is 11.9. The van der Waals surface area contributed by atoms with Crippen LogP contribution in [0.5, 0.6) is 0 Å². The Balaban J connectivity index is 1.88. The number of hydrogen-bond donors (Lipinski definition) is 2. The number of carbonyl (C=O) groups is 2. The van der Waals surface area contributed by atoms with Gasteiger partial charge in [-0.15, -0.1) is 11.8 Å². The molecule has 4 nitrogen and oxygen atoms in total. The average molecular weight is 265 g/mol. The molecule has 1 aliphatic rings. The lowest BCUT2D eigenvalue weighted by molar-refractivity contribution is -0.141. The van der Waals surface area contributed by atoms with Crippen molar-refractivity contribution < 1.29 is 14.7 Å². The minimum atomic E-state index is -0.891. The predicted octanol–water partition coefficient (Wildman–Crippen LogP) is 1.54. The van der Waals surface area contributed by atoms with Crippen LogP contribution in [0, 0.1) is 5.92 Å². The molecule has 1 amide bonds. The maximum Gasteiger partial charge on any atom is 0.308 e. The number of carboxylic acid groups (broad SMARTS) is 1. The van der Waals surface area contributed by atoms with Crippen LogP contribution in [0.4, 0.5) is 0 Å². The Kier molecular flexibility index (Phi) is 3.91. The lowest BCUT2D eigenvalue weighted by Gasteiger charge is -2.11. The Morgan fingerprint density at radius 1 is 1.50 bits per heavy atom. The number of carboxylic acids is 1. The molecule has 2 unspecified atom stereocenters. The van der Waals surface area contributed by atoms with Crippen LogP contribution in [0.3, 0.4) is 0 Å². The van der Waals surface area contributed by atoms with Gasteiger partial charge in [-0.1, -0.05) is 25.1 Å². The first-order valence-corrected chi connectivity index (χ1v) is 6.71. The maximum atomic E-state index is 11.9. The Morgan fingerprint density at radius 3 is 2.89 bits per heavy atom. The van der Waals surface area contributed by atoms with E-state index >= 15 is 0 Å². The summed E-state index contributed by atoms with van der Waals surface area (Å²) in [6.45, 7) is 1.76. The van der Waals surface area contributed by atoms with Crippen molar-refractivity contribution in [3.05, 3.63) is 29.8 Å². The molecule has 2 N–H and O–H groups in total. The normalized spacial score (nSPS) is 19.1. The predicted molar refractivity (Wildman–Crippen MR) is 69.6 cm³/mol. The number of amides is 1. The number of benzene rings is 1. The zero-order chi connectivity index (χ0) is 13.1. The lowest BCUT2D eigenvalue weighted by atomic mass is 10.1. The number of rotatable bonds is 4. The van der Waals surface area contributed by atoms with Gasteiger partial charge in [-0.05, 0) is 18.1 Å². The van der Waals surface area contributed by atoms with Crippen molar-refractivity contribution in [2.45, 2.75) is 23.5 Å². The van der Waals surface area contributed by atoms with Crippen LogP contribution >= 0.6 is 11.8 Å². The molecule has 0 bridgehead atoms. The molecule has 96 valence electrons. The lowest BCUT2D eigenvalue weighted by Crippen LogP contribution is -2.37. The van der Waals surface area contributed by atoms with Gasteiger partial charge in [-0.2, -0.15) is 0 Å². The second-order valence-electron chi connectivity index (χ2n) is 4.40. The highest BCUT2D eigenvalue weighted by Crippen LogP contribution is 2.36. The highest BCUT2D eigenvalue weighted by atomic mass is 32.2. The van der Waals surface area contributed by atoms with Crippen LogP contribution in [0.2, 0.25) is 0 Å². The molecule has 0 saturated carbocycles. The molecule has 18 heavy (non-hydrogen) atoms. The Morgan fingerprint density at radius 2 is 2.22 bits per heavy atom. The van der Waals surface area contributed by atoms with Gasteiger partial charge in [0.15, 0.2) is 0 Å². The van der Waals surface area contributed by atoms with E-state index in [1.807, 2.05) is 24.3 Å². The van der Waals surface area contributed by atoms with E-state index in [0.717, 1.165) is 4.90 Å². The first-order chi connectivity index (χ1) is 8.58. The highest BCUT2D eigenvalue weighted by molar-refractivity contribution is 8.01. The van der Waals surface area contributed by atoms with Crippen molar-refractivity contribution in [2.75, 3.05) is 6.54 Å². The summed E-state index contributed by atoms with van der Waals surface area (Å²) < 4.78 is 0. The molecule has 0 saturated heterocycles. The number of nitrogens with one attached hydrogen (secondary N) is 1. The van der Waals surface area contributed by atoms with Crippen molar-refractivity contribution in [1.82, 2.24) is 5.32 Å².